The Bertz CT molecular complexity index is 520. The van der Waals surface area contributed by atoms with Crippen molar-refractivity contribution < 1.29 is 9.90 Å². The fourth-order valence-electron chi connectivity index (χ4n) is 2.53. The third kappa shape index (κ3) is 4.49. The van der Waals surface area contributed by atoms with Crippen molar-refractivity contribution in [2.24, 2.45) is 0 Å². The number of hydrogen-bond donors (Lipinski definition) is 2. The molecule has 1 fully saturated rings. The Morgan fingerprint density at radius 3 is 2.64 bits per heavy atom. The molecule has 2 rings (SSSR count). The molecule has 0 bridgehead atoms. The fraction of sp³-hybridized carbons (Fsp3) is 0.583. The maximum atomic E-state index is 11.1. The van der Waals surface area contributed by atoms with Crippen LogP contribution in [0.1, 0.15) is 13.8 Å². The summed E-state index contributed by atoms with van der Waals surface area (Å²) in [6, 6.07) is 1.29. The quantitative estimate of drug-likeness (QED) is 0.831. The van der Waals surface area contributed by atoms with Crippen LogP contribution >= 0.6 is 36.4 Å². The van der Waals surface area contributed by atoms with Crippen molar-refractivity contribution in [1.29, 1.82) is 0 Å². The topological polar surface area (TPSA) is 95.6 Å². The number of aromatic nitrogens is 2. The molecule has 126 valence electrons. The van der Waals surface area contributed by atoms with Gasteiger partial charge in [0.2, 0.25) is 0 Å². The predicted molar refractivity (Wildman–Crippen MR) is 91.4 cm³/mol. The molecule has 0 radical (unpaired) electrons. The maximum Gasteiger partial charge on any atom is 0.320 e. The molecule has 0 aromatic carbocycles. The highest BCUT2D eigenvalue weighted by Crippen LogP contribution is 2.26. The predicted octanol–water partition coefficient (Wildman–Crippen LogP) is 1.54. The Kier molecular flexibility index (Phi) is 8.17. The van der Waals surface area contributed by atoms with Gasteiger partial charge in [0, 0.05) is 31.7 Å². The Morgan fingerprint density at radius 2 is 2.09 bits per heavy atom. The first-order valence-electron chi connectivity index (χ1n) is 6.42. The Hall–Kier alpha value is -1.02. The zero-order valence-electron chi connectivity index (χ0n) is 12.3. The molecular weight excluding hydrogens is 353 g/mol. The van der Waals surface area contributed by atoms with Crippen LogP contribution in [0.25, 0.3) is 0 Å². The Labute approximate surface area is 146 Å². The highest BCUT2D eigenvalue weighted by Gasteiger charge is 2.31. The van der Waals surface area contributed by atoms with Gasteiger partial charge in [0.05, 0.1) is 5.69 Å². The molecule has 1 aromatic heterocycles. The number of piperazine rings is 1. The number of aliphatic carboxylic acids is 1. The molecule has 0 amide bonds. The highest BCUT2D eigenvalue weighted by molar-refractivity contribution is 6.29. The van der Waals surface area contributed by atoms with E-state index in [-0.39, 0.29) is 30.9 Å². The number of nitrogen functional groups attached to an aromatic ring is 1. The van der Waals surface area contributed by atoms with Crippen LogP contribution in [0.4, 0.5) is 11.5 Å². The number of carboxylic acid groups (broad SMARTS) is 1. The molecule has 1 unspecified atom stereocenters. The van der Waals surface area contributed by atoms with Crippen molar-refractivity contribution in [3.63, 3.8) is 0 Å². The minimum absolute atomic E-state index is 0. The minimum Gasteiger partial charge on any atom is -0.480 e. The summed E-state index contributed by atoms with van der Waals surface area (Å²) in [6.07, 6.45) is 0. The van der Waals surface area contributed by atoms with Crippen LogP contribution in [0, 0.1) is 0 Å². The van der Waals surface area contributed by atoms with Crippen LogP contribution in [-0.4, -0.2) is 57.9 Å². The van der Waals surface area contributed by atoms with Crippen LogP contribution in [0.5, 0.6) is 0 Å². The lowest BCUT2D eigenvalue weighted by molar-refractivity contribution is -0.143. The monoisotopic (exact) mass is 371 g/mol. The third-order valence-electron chi connectivity index (χ3n) is 3.65. The second kappa shape index (κ2) is 8.57. The number of anilines is 2. The fourth-order valence-corrected chi connectivity index (χ4v) is 2.67. The van der Waals surface area contributed by atoms with E-state index in [0.29, 0.717) is 30.6 Å². The number of halogens is 3. The lowest BCUT2D eigenvalue weighted by atomic mass is 10.1. The zero-order chi connectivity index (χ0) is 14.9. The van der Waals surface area contributed by atoms with Crippen molar-refractivity contribution >= 4 is 53.9 Å². The zero-order valence-corrected chi connectivity index (χ0v) is 14.7. The number of rotatable bonds is 3. The van der Waals surface area contributed by atoms with Gasteiger partial charge in [0.25, 0.3) is 0 Å². The van der Waals surface area contributed by atoms with Crippen molar-refractivity contribution in [2.45, 2.75) is 25.9 Å². The number of nitrogens with two attached hydrogens (primary N) is 1. The van der Waals surface area contributed by atoms with E-state index < -0.39 is 12.0 Å². The number of nitrogens with zero attached hydrogens (tertiary/aromatic N) is 4. The molecule has 0 aliphatic carbocycles. The van der Waals surface area contributed by atoms with Crippen LogP contribution < -0.4 is 10.6 Å². The van der Waals surface area contributed by atoms with Crippen molar-refractivity contribution in [1.82, 2.24) is 15.1 Å². The second-order valence-corrected chi connectivity index (χ2v) is 5.37. The standard InChI is InChI=1S/C12H18ClN5O2.2ClH/c1-7-6-17(3-4-18(7)8(2)12(19)20)9-5-10(13)15-16-11(9)14;;/h5,7-8H,3-4,6H2,1-2H3,(H2,14,16)(H,19,20);2*1H/t7-,8?;;/m1../s1. The van der Waals surface area contributed by atoms with Crippen molar-refractivity contribution in [2.75, 3.05) is 30.3 Å². The average molecular weight is 373 g/mol. The Balaban J connectivity index is 0.00000220. The summed E-state index contributed by atoms with van der Waals surface area (Å²) in [5.74, 6) is -0.472. The first kappa shape index (κ1) is 21.0. The summed E-state index contributed by atoms with van der Waals surface area (Å²) in [5.41, 5.74) is 6.58. The van der Waals surface area contributed by atoms with E-state index in [9.17, 15) is 4.79 Å². The summed E-state index contributed by atoms with van der Waals surface area (Å²) in [4.78, 5) is 15.1. The van der Waals surface area contributed by atoms with Gasteiger partial charge in [0.15, 0.2) is 11.0 Å². The van der Waals surface area contributed by atoms with E-state index >= 15 is 0 Å². The average Bonchev–Trinajstić information content (AvgIpc) is 2.40. The van der Waals surface area contributed by atoms with Crippen molar-refractivity contribution in [3.8, 4) is 0 Å². The molecule has 1 saturated heterocycles. The van der Waals surface area contributed by atoms with Gasteiger partial charge in [-0.25, -0.2) is 0 Å². The minimum atomic E-state index is -0.807. The van der Waals surface area contributed by atoms with Crippen LogP contribution in [0.15, 0.2) is 6.07 Å². The van der Waals surface area contributed by atoms with E-state index in [2.05, 4.69) is 15.1 Å². The van der Waals surface area contributed by atoms with Gasteiger partial charge < -0.3 is 15.7 Å². The van der Waals surface area contributed by atoms with E-state index in [0.717, 1.165) is 5.69 Å². The molecular formula is C12H20Cl3N5O2. The number of carboxylic acids is 1. The summed E-state index contributed by atoms with van der Waals surface area (Å²) in [7, 11) is 0. The number of carbonyl (C=O) groups is 1. The van der Waals surface area contributed by atoms with E-state index in [4.69, 9.17) is 22.4 Å². The molecule has 1 aromatic rings. The summed E-state index contributed by atoms with van der Waals surface area (Å²) in [5, 5.41) is 16.9. The number of hydrogen-bond acceptors (Lipinski definition) is 6. The van der Waals surface area contributed by atoms with Gasteiger partial charge >= 0.3 is 5.97 Å². The molecule has 1 aliphatic rings. The largest absolute Gasteiger partial charge is 0.480 e. The van der Waals surface area contributed by atoms with Crippen molar-refractivity contribution in [3.05, 3.63) is 11.2 Å². The van der Waals surface area contributed by atoms with Gasteiger partial charge in [-0.3, -0.25) is 9.69 Å². The summed E-state index contributed by atoms with van der Waals surface area (Å²) < 4.78 is 0. The van der Waals surface area contributed by atoms with Gasteiger partial charge in [-0.15, -0.1) is 35.0 Å². The normalized spacial score (nSPS) is 19.8. The molecule has 0 spiro atoms. The lowest BCUT2D eigenvalue weighted by Gasteiger charge is -2.42. The van der Waals surface area contributed by atoms with Gasteiger partial charge in [-0.2, -0.15) is 0 Å². The van der Waals surface area contributed by atoms with Gasteiger partial charge in [0.1, 0.15) is 6.04 Å². The molecule has 0 saturated carbocycles. The summed E-state index contributed by atoms with van der Waals surface area (Å²) >= 11 is 5.85. The molecule has 2 heterocycles. The van der Waals surface area contributed by atoms with E-state index in [1.165, 1.54) is 0 Å². The second-order valence-electron chi connectivity index (χ2n) is 4.98. The van der Waals surface area contributed by atoms with Crippen LogP contribution in [0.2, 0.25) is 5.15 Å². The first-order chi connectivity index (χ1) is 9.40. The molecule has 1 aliphatic heterocycles. The van der Waals surface area contributed by atoms with Crippen LogP contribution in [0.3, 0.4) is 0 Å². The molecule has 3 N–H and O–H groups in total. The smallest absolute Gasteiger partial charge is 0.320 e. The molecule has 10 heteroatoms. The summed E-state index contributed by atoms with van der Waals surface area (Å²) in [6.45, 7) is 5.69. The third-order valence-corrected chi connectivity index (χ3v) is 3.83. The Morgan fingerprint density at radius 1 is 1.45 bits per heavy atom. The molecule has 2 atom stereocenters. The van der Waals surface area contributed by atoms with Gasteiger partial charge in [-0.05, 0) is 13.8 Å². The molecule has 22 heavy (non-hydrogen) atoms. The van der Waals surface area contributed by atoms with E-state index in [1.807, 2.05) is 11.8 Å². The SMILES string of the molecule is CC(C(=O)O)N1CCN(c2cc(Cl)nnc2N)C[C@H]1C.Cl.Cl. The highest BCUT2D eigenvalue weighted by atomic mass is 35.5. The maximum absolute atomic E-state index is 11.1. The van der Waals surface area contributed by atoms with E-state index in [1.54, 1.807) is 13.0 Å². The van der Waals surface area contributed by atoms with Gasteiger partial charge in [-0.1, -0.05) is 11.6 Å². The lowest BCUT2D eigenvalue weighted by Crippen LogP contribution is -2.56. The van der Waals surface area contributed by atoms with Crippen LogP contribution in [-0.2, 0) is 4.79 Å². The molecule has 7 nitrogen and oxygen atoms in total. The first-order valence-corrected chi connectivity index (χ1v) is 6.80.